The third-order valence-corrected chi connectivity index (χ3v) is 2.96. The molecular formula is C11H18O4. The molecule has 0 aromatic heterocycles. The van der Waals surface area contributed by atoms with Crippen molar-refractivity contribution in [2.24, 2.45) is 11.3 Å². The number of carbonyl (C=O) groups excluding carboxylic acids is 1. The summed E-state index contributed by atoms with van der Waals surface area (Å²) in [5, 5.41) is 0. The second-order valence-corrected chi connectivity index (χ2v) is 4.83. The predicted octanol–water partition coefficient (Wildman–Crippen LogP) is 0.993. The van der Waals surface area contributed by atoms with Crippen LogP contribution in [-0.2, 0) is 19.0 Å². The van der Waals surface area contributed by atoms with Gasteiger partial charge in [0.05, 0.1) is 25.7 Å². The highest BCUT2D eigenvalue weighted by molar-refractivity contribution is 5.72. The van der Waals surface area contributed by atoms with E-state index in [1.54, 1.807) is 0 Å². The van der Waals surface area contributed by atoms with Crippen LogP contribution in [0.15, 0.2) is 0 Å². The highest BCUT2D eigenvalue weighted by atomic mass is 16.6. The predicted molar refractivity (Wildman–Crippen MR) is 53.4 cm³/mol. The van der Waals surface area contributed by atoms with Crippen molar-refractivity contribution in [2.45, 2.75) is 19.8 Å². The van der Waals surface area contributed by atoms with Crippen molar-refractivity contribution in [1.29, 1.82) is 0 Å². The van der Waals surface area contributed by atoms with Gasteiger partial charge < -0.3 is 14.2 Å². The monoisotopic (exact) mass is 214 g/mol. The van der Waals surface area contributed by atoms with Crippen LogP contribution in [0.5, 0.6) is 0 Å². The first-order chi connectivity index (χ1) is 7.20. The Bertz CT molecular complexity index is 229. The van der Waals surface area contributed by atoms with Gasteiger partial charge in [-0.2, -0.15) is 0 Å². The smallest absolute Gasteiger partial charge is 0.311 e. The van der Waals surface area contributed by atoms with Gasteiger partial charge in [-0.25, -0.2) is 0 Å². The maximum absolute atomic E-state index is 11.6. The minimum atomic E-state index is -0.108. The lowest BCUT2D eigenvalue weighted by atomic mass is 9.90. The van der Waals surface area contributed by atoms with Crippen LogP contribution < -0.4 is 0 Å². The Morgan fingerprint density at radius 3 is 2.80 bits per heavy atom. The molecule has 2 fully saturated rings. The van der Waals surface area contributed by atoms with Crippen LogP contribution in [0.3, 0.4) is 0 Å². The molecule has 15 heavy (non-hydrogen) atoms. The van der Waals surface area contributed by atoms with E-state index in [0.717, 1.165) is 19.4 Å². The highest BCUT2D eigenvalue weighted by Crippen LogP contribution is 2.27. The van der Waals surface area contributed by atoms with Crippen molar-refractivity contribution in [3.63, 3.8) is 0 Å². The minimum absolute atomic E-state index is 0.0468. The Labute approximate surface area is 89.9 Å². The largest absolute Gasteiger partial charge is 0.465 e. The van der Waals surface area contributed by atoms with Crippen LogP contribution in [0.4, 0.5) is 0 Å². The summed E-state index contributed by atoms with van der Waals surface area (Å²) >= 11 is 0. The molecule has 0 amide bonds. The van der Waals surface area contributed by atoms with Crippen LogP contribution in [0.2, 0.25) is 0 Å². The van der Waals surface area contributed by atoms with Gasteiger partial charge in [0, 0.05) is 12.0 Å². The summed E-state index contributed by atoms with van der Waals surface area (Å²) in [5.74, 6) is -0.161. The van der Waals surface area contributed by atoms with Crippen molar-refractivity contribution in [3.05, 3.63) is 0 Å². The molecule has 0 bridgehead atoms. The summed E-state index contributed by atoms with van der Waals surface area (Å²) in [5.41, 5.74) is 0.0468. The Morgan fingerprint density at radius 2 is 2.27 bits per heavy atom. The first kappa shape index (κ1) is 10.9. The van der Waals surface area contributed by atoms with Crippen LogP contribution in [-0.4, -0.2) is 39.0 Å². The number of esters is 1. The Balaban J connectivity index is 1.71. The third kappa shape index (κ3) is 2.69. The second kappa shape index (κ2) is 4.49. The van der Waals surface area contributed by atoms with Gasteiger partial charge in [0.2, 0.25) is 0 Å². The summed E-state index contributed by atoms with van der Waals surface area (Å²) in [7, 11) is 0. The van der Waals surface area contributed by atoms with Crippen LogP contribution >= 0.6 is 0 Å². The van der Waals surface area contributed by atoms with Gasteiger partial charge in [0.15, 0.2) is 0 Å². The van der Waals surface area contributed by atoms with Crippen molar-refractivity contribution in [2.75, 3.05) is 33.0 Å². The van der Waals surface area contributed by atoms with E-state index in [9.17, 15) is 4.79 Å². The molecule has 86 valence electrons. The van der Waals surface area contributed by atoms with Crippen LogP contribution in [0, 0.1) is 11.3 Å². The summed E-state index contributed by atoms with van der Waals surface area (Å²) in [6.07, 6.45) is 1.85. The molecule has 4 heteroatoms. The summed E-state index contributed by atoms with van der Waals surface area (Å²) < 4.78 is 15.6. The maximum atomic E-state index is 11.6. The van der Waals surface area contributed by atoms with Gasteiger partial charge in [-0.15, -0.1) is 0 Å². The van der Waals surface area contributed by atoms with Crippen molar-refractivity contribution in [1.82, 2.24) is 0 Å². The van der Waals surface area contributed by atoms with E-state index in [0.29, 0.717) is 26.4 Å². The normalized spacial score (nSPS) is 29.3. The van der Waals surface area contributed by atoms with Gasteiger partial charge in [-0.05, 0) is 12.8 Å². The van der Waals surface area contributed by atoms with Gasteiger partial charge in [-0.1, -0.05) is 6.92 Å². The van der Waals surface area contributed by atoms with Crippen molar-refractivity contribution < 1.29 is 19.0 Å². The first-order valence-corrected chi connectivity index (χ1v) is 5.52. The number of hydrogen-bond donors (Lipinski definition) is 0. The van der Waals surface area contributed by atoms with Gasteiger partial charge in [0.25, 0.3) is 0 Å². The van der Waals surface area contributed by atoms with E-state index in [1.165, 1.54) is 0 Å². The molecule has 2 aliphatic rings. The lowest BCUT2D eigenvalue weighted by molar-refractivity contribution is -0.172. The van der Waals surface area contributed by atoms with E-state index in [1.807, 2.05) is 0 Å². The Hall–Kier alpha value is -0.610. The molecule has 2 heterocycles. The lowest BCUT2D eigenvalue weighted by Gasteiger charge is -2.37. The molecule has 0 aliphatic carbocycles. The highest BCUT2D eigenvalue weighted by Gasteiger charge is 2.35. The number of hydrogen-bond acceptors (Lipinski definition) is 4. The zero-order valence-corrected chi connectivity index (χ0v) is 9.16. The molecule has 0 N–H and O–H groups in total. The van der Waals surface area contributed by atoms with Crippen molar-refractivity contribution >= 4 is 5.97 Å². The van der Waals surface area contributed by atoms with E-state index in [4.69, 9.17) is 14.2 Å². The average molecular weight is 214 g/mol. The molecule has 0 aromatic carbocycles. The fourth-order valence-corrected chi connectivity index (χ4v) is 1.82. The molecule has 2 rings (SSSR count). The first-order valence-electron chi connectivity index (χ1n) is 5.52. The van der Waals surface area contributed by atoms with E-state index in [-0.39, 0.29) is 17.3 Å². The average Bonchev–Trinajstić information content (AvgIpc) is 2.24. The third-order valence-electron chi connectivity index (χ3n) is 2.96. The topological polar surface area (TPSA) is 44.8 Å². The number of carbonyl (C=O) groups is 1. The summed E-state index contributed by atoms with van der Waals surface area (Å²) in [6.45, 7) is 5.23. The summed E-state index contributed by atoms with van der Waals surface area (Å²) in [4.78, 5) is 11.6. The SMILES string of the molecule is CC1(COC(=O)C2CCCOC2)COC1. The standard InChI is InChI=1S/C11H18O4/c1-11(6-14-7-11)8-15-10(12)9-3-2-4-13-5-9/h9H,2-8H2,1H3. The van der Waals surface area contributed by atoms with Gasteiger partial charge in [-0.3, -0.25) is 4.79 Å². The second-order valence-electron chi connectivity index (χ2n) is 4.83. The zero-order chi connectivity index (χ0) is 10.7. The van der Waals surface area contributed by atoms with E-state index >= 15 is 0 Å². The quantitative estimate of drug-likeness (QED) is 0.657. The molecule has 0 saturated carbocycles. The van der Waals surface area contributed by atoms with E-state index < -0.39 is 0 Å². The molecule has 1 unspecified atom stereocenters. The Kier molecular flexibility index (Phi) is 3.26. The molecular weight excluding hydrogens is 196 g/mol. The maximum Gasteiger partial charge on any atom is 0.311 e. The fourth-order valence-electron chi connectivity index (χ4n) is 1.82. The van der Waals surface area contributed by atoms with Crippen LogP contribution in [0.1, 0.15) is 19.8 Å². The van der Waals surface area contributed by atoms with Gasteiger partial charge >= 0.3 is 5.97 Å². The molecule has 2 aliphatic heterocycles. The van der Waals surface area contributed by atoms with Crippen molar-refractivity contribution in [3.8, 4) is 0 Å². The minimum Gasteiger partial charge on any atom is -0.465 e. The summed E-state index contributed by atoms with van der Waals surface area (Å²) in [6, 6.07) is 0. The fraction of sp³-hybridized carbons (Fsp3) is 0.909. The molecule has 1 atom stereocenters. The van der Waals surface area contributed by atoms with Crippen LogP contribution in [0.25, 0.3) is 0 Å². The van der Waals surface area contributed by atoms with E-state index in [2.05, 4.69) is 6.92 Å². The lowest BCUT2D eigenvalue weighted by Crippen LogP contribution is -2.44. The molecule has 4 nitrogen and oxygen atoms in total. The molecule has 0 aromatic rings. The molecule has 0 spiro atoms. The number of ether oxygens (including phenoxy) is 3. The van der Waals surface area contributed by atoms with Gasteiger partial charge in [0.1, 0.15) is 6.61 Å². The molecule has 0 radical (unpaired) electrons. The zero-order valence-electron chi connectivity index (χ0n) is 9.16. The Morgan fingerprint density at radius 1 is 1.47 bits per heavy atom. The molecule has 2 saturated heterocycles. The number of rotatable bonds is 3.